The van der Waals surface area contributed by atoms with Gasteiger partial charge in [0.05, 0.1) is 0 Å². The van der Waals surface area contributed by atoms with Gasteiger partial charge in [-0.15, -0.1) is 10.2 Å². The Kier molecular flexibility index (Phi) is 2.30. The first kappa shape index (κ1) is 10.8. The topological polar surface area (TPSA) is 56.2 Å². The van der Waals surface area contributed by atoms with Crippen LogP contribution < -0.4 is 5.73 Å². The highest BCUT2D eigenvalue weighted by Gasteiger charge is 2.11. The van der Waals surface area contributed by atoms with E-state index in [9.17, 15) is 0 Å². The highest BCUT2D eigenvalue weighted by Crippen LogP contribution is 2.24. The molecular formula is C14H14N4. The lowest BCUT2D eigenvalue weighted by Gasteiger charge is -2.07. The second-order valence-electron chi connectivity index (χ2n) is 4.46. The lowest BCUT2D eigenvalue weighted by atomic mass is 10.0. The second-order valence-corrected chi connectivity index (χ2v) is 4.46. The van der Waals surface area contributed by atoms with Crippen molar-refractivity contribution >= 4 is 11.3 Å². The molecule has 3 rings (SSSR count). The van der Waals surface area contributed by atoms with E-state index < -0.39 is 0 Å². The summed E-state index contributed by atoms with van der Waals surface area (Å²) in [7, 11) is 0. The fourth-order valence-corrected chi connectivity index (χ4v) is 2.08. The number of aryl methyl sites for hydroxylation is 1. The van der Waals surface area contributed by atoms with Crippen LogP contribution in [-0.4, -0.2) is 14.6 Å². The summed E-state index contributed by atoms with van der Waals surface area (Å²) in [5, 5.41) is 8.43. The molecule has 0 saturated carbocycles. The normalized spacial score (nSPS) is 11.0. The Hall–Kier alpha value is -2.36. The molecule has 18 heavy (non-hydrogen) atoms. The molecule has 0 fully saturated rings. The predicted molar refractivity (Wildman–Crippen MR) is 72.3 cm³/mol. The van der Waals surface area contributed by atoms with Gasteiger partial charge in [0.1, 0.15) is 0 Å². The number of aromatic nitrogens is 3. The number of nitrogens with zero attached hydrogens (tertiary/aromatic N) is 3. The third-order valence-electron chi connectivity index (χ3n) is 3.27. The Bertz CT molecular complexity index is 728. The van der Waals surface area contributed by atoms with Gasteiger partial charge in [-0.25, -0.2) is 0 Å². The standard InChI is InChI=1S/C14H14N4/c1-9-4-3-5-12(10(9)2)14-17-16-13-7-6-11(15)8-18(13)14/h3-8H,15H2,1-2H3. The van der Waals surface area contributed by atoms with E-state index in [-0.39, 0.29) is 0 Å². The molecule has 2 N–H and O–H groups in total. The van der Waals surface area contributed by atoms with Gasteiger partial charge >= 0.3 is 0 Å². The van der Waals surface area contributed by atoms with Crippen molar-refractivity contribution in [3.63, 3.8) is 0 Å². The molecule has 1 aromatic carbocycles. The van der Waals surface area contributed by atoms with Crippen LogP contribution in [0.25, 0.3) is 17.0 Å². The van der Waals surface area contributed by atoms with Crippen molar-refractivity contribution in [2.24, 2.45) is 0 Å². The van der Waals surface area contributed by atoms with Crippen molar-refractivity contribution in [3.8, 4) is 11.4 Å². The summed E-state index contributed by atoms with van der Waals surface area (Å²) in [6.45, 7) is 4.19. The maximum absolute atomic E-state index is 5.82. The van der Waals surface area contributed by atoms with Crippen LogP contribution in [0, 0.1) is 13.8 Å². The number of pyridine rings is 1. The third-order valence-corrected chi connectivity index (χ3v) is 3.27. The number of rotatable bonds is 1. The Morgan fingerprint density at radius 2 is 1.89 bits per heavy atom. The van der Waals surface area contributed by atoms with E-state index in [0.717, 1.165) is 17.0 Å². The average molecular weight is 238 g/mol. The van der Waals surface area contributed by atoms with Gasteiger partial charge < -0.3 is 5.73 Å². The smallest absolute Gasteiger partial charge is 0.168 e. The van der Waals surface area contributed by atoms with Gasteiger partial charge in [-0.1, -0.05) is 18.2 Å². The van der Waals surface area contributed by atoms with Crippen LogP contribution >= 0.6 is 0 Å². The monoisotopic (exact) mass is 238 g/mol. The molecule has 0 bridgehead atoms. The highest BCUT2D eigenvalue weighted by molar-refractivity contribution is 5.65. The van der Waals surface area contributed by atoms with E-state index in [2.05, 4.69) is 36.2 Å². The summed E-state index contributed by atoms with van der Waals surface area (Å²) < 4.78 is 1.93. The fourth-order valence-electron chi connectivity index (χ4n) is 2.08. The Balaban J connectivity index is 2.32. The summed E-state index contributed by atoms with van der Waals surface area (Å²) in [6.07, 6.45) is 1.85. The van der Waals surface area contributed by atoms with Crippen molar-refractivity contribution < 1.29 is 0 Å². The number of benzene rings is 1. The van der Waals surface area contributed by atoms with Crippen molar-refractivity contribution in [2.45, 2.75) is 13.8 Å². The maximum atomic E-state index is 5.82. The van der Waals surface area contributed by atoms with Gasteiger partial charge in [-0.3, -0.25) is 4.40 Å². The molecule has 3 aromatic rings. The molecule has 0 amide bonds. The molecule has 4 heteroatoms. The molecule has 0 aliphatic rings. The summed E-state index contributed by atoms with van der Waals surface area (Å²) >= 11 is 0. The maximum Gasteiger partial charge on any atom is 0.168 e. The molecule has 0 aliphatic carbocycles. The molecule has 0 spiro atoms. The zero-order valence-electron chi connectivity index (χ0n) is 10.4. The quantitative estimate of drug-likeness (QED) is 0.709. The van der Waals surface area contributed by atoms with Crippen molar-refractivity contribution in [1.82, 2.24) is 14.6 Å². The number of nitrogen functional groups attached to an aromatic ring is 1. The predicted octanol–water partition coefficient (Wildman–Crippen LogP) is 2.60. The van der Waals surface area contributed by atoms with E-state index in [4.69, 9.17) is 5.73 Å². The van der Waals surface area contributed by atoms with E-state index in [1.54, 1.807) is 0 Å². The second kappa shape index (κ2) is 3.84. The summed E-state index contributed by atoms with van der Waals surface area (Å²) in [6, 6.07) is 9.89. The minimum absolute atomic E-state index is 0.703. The van der Waals surface area contributed by atoms with E-state index in [1.165, 1.54) is 11.1 Å². The first-order valence-corrected chi connectivity index (χ1v) is 5.83. The van der Waals surface area contributed by atoms with E-state index >= 15 is 0 Å². The minimum Gasteiger partial charge on any atom is -0.398 e. The number of hydrogen-bond donors (Lipinski definition) is 1. The van der Waals surface area contributed by atoms with E-state index in [1.807, 2.05) is 28.8 Å². The molecule has 90 valence electrons. The van der Waals surface area contributed by atoms with Crippen LogP contribution in [0.15, 0.2) is 36.5 Å². The Morgan fingerprint density at radius 3 is 2.72 bits per heavy atom. The lowest BCUT2D eigenvalue weighted by molar-refractivity contribution is 1.10. The molecule has 0 unspecified atom stereocenters. The van der Waals surface area contributed by atoms with Crippen molar-refractivity contribution in [2.75, 3.05) is 5.73 Å². The third kappa shape index (κ3) is 1.54. The largest absolute Gasteiger partial charge is 0.398 e. The molecule has 2 aromatic heterocycles. The van der Waals surface area contributed by atoms with Crippen LogP contribution in [0.3, 0.4) is 0 Å². The minimum atomic E-state index is 0.703. The van der Waals surface area contributed by atoms with Gasteiger partial charge in [-0.2, -0.15) is 0 Å². The molecule has 0 saturated heterocycles. The molecule has 0 aliphatic heterocycles. The van der Waals surface area contributed by atoms with Gasteiger partial charge in [0.15, 0.2) is 11.5 Å². The van der Waals surface area contributed by atoms with Crippen LogP contribution in [-0.2, 0) is 0 Å². The van der Waals surface area contributed by atoms with Gasteiger partial charge in [-0.05, 0) is 37.1 Å². The zero-order chi connectivity index (χ0) is 12.7. The summed E-state index contributed by atoms with van der Waals surface area (Å²) in [4.78, 5) is 0. The molecule has 2 heterocycles. The molecule has 4 nitrogen and oxygen atoms in total. The highest BCUT2D eigenvalue weighted by atomic mass is 15.2. The van der Waals surface area contributed by atoms with E-state index in [0.29, 0.717) is 5.69 Å². The number of nitrogens with two attached hydrogens (primary N) is 1. The molecule has 0 atom stereocenters. The Labute approximate surface area is 105 Å². The molecule has 0 radical (unpaired) electrons. The van der Waals surface area contributed by atoms with Crippen LogP contribution in [0.4, 0.5) is 5.69 Å². The van der Waals surface area contributed by atoms with Crippen LogP contribution in [0.1, 0.15) is 11.1 Å². The summed E-state index contributed by atoms with van der Waals surface area (Å²) in [5.74, 6) is 0.832. The van der Waals surface area contributed by atoms with Gasteiger partial charge in [0.25, 0.3) is 0 Å². The molecular weight excluding hydrogens is 224 g/mol. The fraction of sp³-hybridized carbons (Fsp3) is 0.143. The number of hydrogen-bond acceptors (Lipinski definition) is 3. The van der Waals surface area contributed by atoms with Gasteiger partial charge in [0.2, 0.25) is 0 Å². The lowest BCUT2D eigenvalue weighted by Crippen LogP contribution is -1.95. The Morgan fingerprint density at radius 1 is 1.06 bits per heavy atom. The first-order valence-electron chi connectivity index (χ1n) is 5.83. The number of anilines is 1. The average Bonchev–Trinajstić information content (AvgIpc) is 2.75. The summed E-state index contributed by atoms with van der Waals surface area (Å²) in [5.41, 5.74) is 10.9. The van der Waals surface area contributed by atoms with Crippen molar-refractivity contribution in [3.05, 3.63) is 47.7 Å². The van der Waals surface area contributed by atoms with Crippen LogP contribution in [0.5, 0.6) is 0 Å². The SMILES string of the molecule is Cc1cccc(-c2nnc3ccc(N)cn23)c1C. The van der Waals surface area contributed by atoms with Crippen LogP contribution in [0.2, 0.25) is 0 Å². The van der Waals surface area contributed by atoms with Gasteiger partial charge in [0, 0.05) is 17.4 Å². The number of fused-ring (bicyclic) bond motifs is 1. The first-order chi connectivity index (χ1) is 8.66. The zero-order valence-corrected chi connectivity index (χ0v) is 10.4. The van der Waals surface area contributed by atoms with Crippen molar-refractivity contribution in [1.29, 1.82) is 0 Å².